The molecule has 15 heavy (non-hydrogen) atoms. The minimum Gasteiger partial charge on any atom is -0.368 e. The van der Waals surface area contributed by atoms with E-state index in [0.717, 1.165) is 10.0 Å². The summed E-state index contributed by atoms with van der Waals surface area (Å²) < 4.78 is 1.06. The van der Waals surface area contributed by atoms with E-state index >= 15 is 0 Å². The van der Waals surface area contributed by atoms with Crippen LogP contribution in [-0.2, 0) is 6.54 Å². The molecule has 0 amide bonds. The lowest BCUT2D eigenvalue weighted by molar-refractivity contribution is 1.05. The Balaban J connectivity index is 1.96. The van der Waals surface area contributed by atoms with E-state index in [2.05, 4.69) is 36.4 Å². The van der Waals surface area contributed by atoms with Gasteiger partial charge in [-0.25, -0.2) is 5.10 Å². The summed E-state index contributed by atoms with van der Waals surface area (Å²) in [5.74, 6) is 0.823. The van der Waals surface area contributed by atoms with Gasteiger partial charge in [-0.3, -0.25) is 0 Å². The molecule has 1 aromatic carbocycles. The molecule has 0 aliphatic carbocycles. The van der Waals surface area contributed by atoms with Gasteiger partial charge in [0.15, 0.2) is 0 Å². The first-order valence-corrected chi connectivity index (χ1v) is 5.19. The van der Waals surface area contributed by atoms with Gasteiger partial charge in [-0.1, -0.05) is 28.1 Å². The molecule has 0 bridgehead atoms. The zero-order valence-corrected chi connectivity index (χ0v) is 9.45. The molecular formula is C9H10BrN5. The summed E-state index contributed by atoms with van der Waals surface area (Å²) in [6.07, 6.45) is 0. The number of aromatic nitrogens is 3. The van der Waals surface area contributed by atoms with Gasteiger partial charge in [0.25, 0.3) is 0 Å². The van der Waals surface area contributed by atoms with Crippen LogP contribution in [0.5, 0.6) is 0 Å². The van der Waals surface area contributed by atoms with Gasteiger partial charge in [-0.05, 0) is 17.7 Å². The molecule has 0 atom stereocenters. The lowest BCUT2D eigenvalue weighted by Crippen LogP contribution is -2.00. The van der Waals surface area contributed by atoms with Crippen LogP contribution in [-0.4, -0.2) is 15.2 Å². The molecule has 4 N–H and O–H groups in total. The van der Waals surface area contributed by atoms with Crippen LogP contribution in [0.4, 0.5) is 11.9 Å². The quantitative estimate of drug-likeness (QED) is 0.792. The van der Waals surface area contributed by atoms with Crippen LogP contribution >= 0.6 is 15.9 Å². The van der Waals surface area contributed by atoms with E-state index in [-0.39, 0.29) is 0 Å². The summed E-state index contributed by atoms with van der Waals surface area (Å²) in [5.41, 5.74) is 6.55. The monoisotopic (exact) mass is 267 g/mol. The number of aromatic amines is 1. The van der Waals surface area contributed by atoms with E-state index in [0.29, 0.717) is 18.4 Å². The van der Waals surface area contributed by atoms with Gasteiger partial charge in [-0.15, -0.1) is 5.10 Å². The molecule has 0 aliphatic heterocycles. The number of nitrogens with zero attached hydrogens (tertiary/aromatic N) is 2. The molecule has 0 fully saturated rings. The molecule has 0 radical (unpaired) electrons. The number of benzene rings is 1. The maximum atomic E-state index is 5.39. The number of hydrogen-bond acceptors (Lipinski definition) is 4. The van der Waals surface area contributed by atoms with Crippen LogP contribution in [0.25, 0.3) is 0 Å². The van der Waals surface area contributed by atoms with Crippen molar-refractivity contribution in [2.45, 2.75) is 6.54 Å². The summed E-state index contributed by atoms with van der Waals surface area (Å²) in [7, 11) is 0. The van der Waals surface area contributed by atoms with E-state index in [1.807, 2.05) is 24.3 Å². The molecule has 5 nitrogen and oxygen atoms in total. The van der Waals surface area contributed by atoms with E-state index in [4.69, 9.17) is 5.73 Å². The van der Waals surface area contributed by atoms with E-state index in [1.54, 1.807) is 0 Å². The highest BCUT2D eigenvalue weighted by Gasteiger charge is 1.98. The number of H-pyrrole nitrogens is 1. The SMILES string of the molecule is Nc1nc(NCc2ccc(Br)cc2)n[nH]1. The van der Waals surface area contributed by atoms with Crippen molar-refractivity contribution in [3.05, 3.63) is 34.3 Å². The predicted molar refractivity (Wildman–Crippen MR) is 62.3 cm³/mol. The molecule has 1 aromatic heterocycles. The smallest absolute Gasteiger partial charge is 0.243 e. The fourth-order valence-electron chi connectivity index (χ4n) is 1.14. The Morgan fingerprint density at radius 2 is 2.07 bits per heavy atom. The average Bonchev–Trinajstić information content (AvgIpc) is 2.64. The average molecular weight is 268 g/mol. The van der Waals surface area contributed by atoms with Gasteiger partial charge in [-0.2, -0.15) is 4.98 Å². The van der Waals surface area contributed by atoms with Crippen molar-refractivity contribution >= 4 is 27.8 Å². The summed E-state index contributed by atoms with van der Waals surface area (Å²) in [5, 5.41) is 9.48. The van der Waals surface area contributed by atoms with E-state index in [1.165, 1.54) is 0 Å². The highest BCUT2D eigenvalue weighted by Crippen LogP contribution is 2.11. The summed E-state index contributed by atoms with van der Waals surface area (Å²) in [4.78, 5) is 3.93. The molecule has 0 saturated heterocycles. The largest absolute Gasteiger partial charge is 0.368 e. The third-order valence-electron chi connectivity index (χ3n) is 1.87. The number of nitrogens with one attached hydrogen (secondary N) is 2. The second-order valence-corrected chi connectivity index (χ2v) is 3.94. The van der Waals surface area contributed by atoms with Gasteiger partial charge in [0, 0.05) is 11.0 Å². The fourth-order valence-corrected chi connectivity index (χ4v) is 1.40. The summed E-state index contributed by atoms with van der Waals surface area (Å²) in [6.45, 7) is 0.671. The zero-order chi connectivity index (χ0) is 10.7. The predicted octanol–water partition coefficient (Wildman–Crippen LogP) is 1.76. The molecule has 2 rings (SSSR count). The highest BCUT2D eigenvalue weighted by atomic mass is 79.9. The second kappa shape index (κ2) is 4.31. The fraction of sp³-hybridized carbons (Fsp3) is 0.111. The highest BCUT2D eigenvalue weighted by molar-refractivity contribution is 9.10. The first-order valence-electron chi connectivity index (χ1n) is 4.40. The third kappa shape index (κ3) is 2.69. The van der Waals surface area contributed by atoms with Crippen molar-refractivity contribution in [3.63, 3.8) is 0 Å². The minimum atomic E-state index is 0.313. The minimum absolute atomic E-state index is 0.313. The number of nitrogen functional groups attached to an aromatic ring is 1. The molecule has 0 spiro atoms. The van der Waals surface area contributed by atoms with Crippen molar-refractivity contribution < 1.29 is 0 Å². The first-order chi connectivity index (χ1) is 7.24. The van der Waals surface area contributed by atoms with E-state index in [9.17, 15) is 0 Å². The standard InChI is InChI=1S/C9H10BrN5/c10-7-3-1-6(2-4-7)5-12-9-13-8(11)14-15-9/h1-4H,5H2,(H4,11,12,13,14,15). The zero-order valence-electron chi connectivity index (χ0n) is 7.87. The number of rotatable bonds is 3. The van der Waals surface area contributed by atoms with E-state index < -0.39 is 0 Å². The van der Waals surface area contributed by atoms with Crippen LogP contribution < -0.4 is 11.1 Å². The van der Waals surface area contributed by atoms with Crippen molar-refractivity contribution in [2.75, 3.05) is 11.1 Å². The van der Waals surface area contributed by atoms with Gasteiger partial charge >= 0.3 is 0 Å². The van der Waals surface area contributed by atoms with Gasteiger partial charge in [0.2, 0.25) is 11.9 Å². The Hall–Kier alpha value is -1.56. The topological polar surface area (TPSA) is 79.6 Å². The van der Waals surface area contributed by atoms with Crippen molar-refractivity contribution in [1.29, 1.82) is 0 Å². The first kappa shape index (κ1) is 9.97. The number of halogens is 1. The van der Waals surface area contributed by atoms with Crippen LogP contribution in [0.1, 0.15) is 5.56 Å². The molecule has 0 aliphatic rings. The number of hydrogen-bond donors (Lipinski definition) is 3. The van der Waals surface area contributed by atoms with Crippen molar-refractivity contribution in [2.24, 2.45) is 0 Å². The van der Waals surface area contributed by atoms with Gasteiger partial charge in [0.05, 0.1) is 0 Å². The molecule has 6 heteroatoms. The van der Waals surface area contributed by atoms with Crippen molar-refractivity contribution in [3.8, 4) is 0 Å². The molecular weight excluding hydrogens is 258 g/mol. The molecule has 0 saturated carbocycles. The third-order valence-corrected chi connectivity index (χ3v) is 2.40. The van der Waals surface area contributed by atoms with Gasteiger partial charge in [0.1, 0.15) is 0 Å². The van der Waals surface area contributed by atoms with Gasteiger partial charge < -0.3 is 11.1 Å². The van der Waals surface area contributed by atoms with Crippen LogP contribution in [0.15, 0.2) is 28.7 Å². The summed E-state index contributed by atoms with van der Waals surface area (Å²) in [6, 6.07) is 8.02. The molecule has 2 aromatic rings. The van der Waals surface area contributed by atoms with Crippen molar-refractivity contribution in [1.82, 2.24) is 15.2 Å². The Bertz CT molecular complexity index is 436. The lowest BCUT2D eigenvalue weighted by Gasteiger charge is -2.01. The summed E-state index contributed by atoms with van der Waals surface area (Å²) >= 11 is 3.38. The maximum absolute atomic E-state index is 5.39. The Kier molecular flexibility index (Phi) is 2.86. The Labute approximate surface area is 95.2 Å². The number of anilines is 2. The normalized spacial score (nSPS) is 10.2. The second-order valence-electron chi connectivity index (χ2n) is 3.02. The lowest BCUT2D eigenvalue weighted by atomic mass is 10.2. The van der Waals surface area contributed by atoms with Crippen LogP contribution in [0.3, 0.4) is 0 Å². The maximum Gasteiger partial charge on any atom is 0.243 e. The number of nitrogens with two attached hydrogens (primary N) is 1. The Morgan fingerprint density at radius 1 is 1.33 bits per heavy atom. The van der Waals surface area contributed by atoms with Crippen LogP contribution in [0, 0.1) is 0 Å². The Morgan fingerprint density at radius 3 is 2.67 bits per heavy atom. The van der Waals surface area contributed by atoms with Crippen LogP contribution in [0.2, 0.25) is 0 Å². The molecule has 0 unspecified atom stereocenters. The molecule has 1 heterocycles. The molecule has 78 valence electrons.